The van der Waals surface area contributed by atoms with Gasteiger partial charge in [0.15, 0.2) is 0 Å². The normalized spacial score (nSPS) is 20.1. The topological polar surface area (TPSA) is 43.9 Å². The molecule has 5 rings (SSSR count). The number of carbonyl (C=O) groups is 2. The highest BCUT2D eigenvalue weighted by Crippen LogP contribution is 2.38. The van der Waals surface area contributed by atoms with Gasteiger partial charge in [-0.2, -0.15) is 0 Å². The summed E-state index contributed by atoms with van der Waals surface area (Å²) in [4.78, 5) is 33.5. The number of thiophene rings is 1. The average molecular weight is 561 g/mol. The number of rotatable bonds is 5. The van der Waals surface area contributed by atoms with Crippen LogP contribution in [0.15, 0.2) is 53.9 Å². The molecule has 2 aliphatic heterocycles. The summed E-state index contributed by atoms with van der Waals surface area (Å²) >= 11 is 13.8. The second-order valence-electron chi connectivity index (χ2n) is 9.61. The molecular formula is C28H28Cl2FN3O2S. The fraction of sp³-hybridized carbons (Fsp3) is 0.357. The summed E-state index contributed by atoms with van der Waals surface area (Å²) in [5, 5.41) is 2.84. The Bertz CT molecular complexity index is 1320. The first-order chi connectivity index (χ1) is 17.8. The van der Waals surface area contributed by atoms with Crippen LogP contribution in [0.3, 0.4) is 0 Å². The third-order valence-electron chi connectivity index (χ3n) is 7.25. The van der Waals surface area contributed by atoms with Crippen molar-refractivity contribution in [1.82, 2.24) is 14.7 Å². The van der Waals surface area contributed by atoms with Gasteiger partial charge in [0, 0.05) is 55.6 Å². The van der Waals surface area contributed by atoms with Crippen LogP contribution in [0.25, 0.3) is 0 Å². The van der Waals surface area contributed by atoms with Gasteiger partial charge in [-0.25, -0.2) is 4.39 Å². The monoisotopic (exact) mass is 559 g/mol. The van der Waals surface area contributed by atoms with Crippen molar-refractivity contribution in [1.29, 1.82) is 0 Å². The van der Waals surface area contributed by atoms with Crippen LogP contribution in [0.4, 0.5) is 4.39 Å². The first-order valence-corrected chi connectivity index (χ1v) is 14.0. The number of benzene rings is 2. The summed E-state index contributed by atoms with van der Waals surface area (Å²) in [5.74, 6) is -0.295. The van der Waals surface area contributed by atoms with E-state index in [1.807, 2.05) is 17.9 Å². The zero-order valence-electron chi connectivity index (χ0n) is 20.5. The molecule has 2 amide bonds. The Kier molecular flexibility index (Phi) is 7.86. The Labute approximate surface area is 230 Å². The molecule has 0 radical (unpaired) electrons. The predicted molar refractivity (Wildman–Crippen MR) is 146 cm³/mol. The number of piperazine rings is 1. The van der Waals surface area contributed by atoms with Crippen molar-refractivity contribution in [3.05, 3.63) is 91.3 Å². The van der Waals surface area contributed by atoms with Gasteiger partial charge in [0.05, 0.1) is 16.1 Å². The first-order valence-electron chi connectivity index (χ1n) is 12.4. The van der Waals surface area contributed by atoms with E-state index in [4.69, 9.17) is 23.2 Å². The zero-order chi connectivity index (χ0) is 26.1. The molecule has 2 aliphatic rings. The van der Waals surface area contributed by atoms with Crippen molar-refractivity contribution in [2.75, 3.05) is 32.7 Å². The minimum atomic E-state index is -0.252. The van der Waals surface area contributed by atoms with Gasteiger partial charge in [0.1, 0.15) is 5.82 Å². The molecule has 9 heteroatoms. The Hall–Kier alpha value is -2.45. The fourth-order valence-corrected chi connectivity index (χ4v) is 6.56. The molecule has 2 aromatic carbocycles. The molecule has 3 aromatic rings. The van der Waals surface area contributed by atoms with E-state index < -0.39 is 0 Å². The molecule has 3 heterocycles. The summed E-state index contributed by atoms with van der Waals surface area (Å²) in [6.07, 6.45) is 1.30. The van der Waals surface area contributed by atoms with Crippen LogP contribution in [0.1, 0.15) is 45.7 Å². The molecule has 0 bridgehead atoms. The maximum atomic E-state index is 14.1. The van der Waals surface area contributed by atoms with Crippen LogP contribution < -0.4 is 0 Å². The Morgan fingerprint density at radius 3 is 2.65 bits per heavy atom. The van der Waals surface area contributed by atoms with E-state index in [0.29, 0.717) is 48.2 Å². The fourth-order valence-electron chi connectivity index (χ4n) is 5.35. The van der Waals surface area contributed by atoms with Gasteiger partial charge in [-0.15, -0.1) is 11.3 Å². The van der Waals surface area contributed by atoms with Crippen LogP contribution in [0.2, 0.25) is 10.0 Å². The molecule has 0 aliphatic carbocycles. The predicted octanol–water partition coefficient (Wildman–Crippen LogP) is 5.90. The summed E-state index contributed by atoms with van der Waals surface area (Å²) in [7, 11) is 0. The molecule has 0 spiro atoms. The number of carbonyl (C=O) groups excluding carboxylic acids is 2. The van der Waals surface area contributed by atoms with Gasteiger partial charge >= 0.3 is 0 Å². The summed E-state index contributed by atoms with van der Waals surface area (Å²) in [5.41, 5.74) is 2.61. The van der Waals surface area contributed by atoms with Gasteiger partial charge in [0.25, 0.3) is 5.91 Å². The zero-order valence-corrected chi connectivity index (χ0v) is 22.8. The highest BCUT2D eigenvalue weighted by Gasteiger charge is 2.33. The lowest BCUT2D eigenvalue weighted by Gasteiger charge is -2.41. The molecule has 2 atom stereocenters. The van der Waals surface area contributed by atoms with Gasteiger partial charge in [0.2, 0.25) is 5.91 Å². The van der Waals surface area contributed by atoms with E-state index in [1.54, 1.807) is 46.6 Å². The second kappa shape index (κ2) is 11.1. The van der Waals surface area contributed by atoms with E-state index in [9.17, 15) is 14.0 Å². The van der Waals surface area contributed by atoms with E-state index >= 15 is 0 Å². The first kappa shape index (κ1) is 26.2. The lowest BCUT2D eigenvalue weighted by molar-refractivity contribution is -0.134. The average Bonchev–Trinajstić information content (AvgIpc) is 3.37. The molecule has 37 heavy (non-hydrogen) atoms. The van der Waals surface area contributed by atoms with E-state index in [1.165, 1.54) is 16.5 Å². The Morgan fingerprint density at radius 2 is 1.89 bits per heavy atom. The molecule has 1 fully saturated rings. The van der Waals surface area contributed by atoms with Crippen LogP contribution >= 0.6 is 34.5 Å². The maximum Gasteiger partial charge on any atom is 0.254 e. The highest BCUT2D eigenvalue weighted by atomic mass is 35.5. The van der Waals surface area contributed by atoms with Crippen molar-refractivity contribution in [3.63, 3.8) is 0 Å². The van der Waals surface area contributed by atoms with E-state index in [-0.39, 0.29) is 29.7 Å². The SMILES string of the molecule is CC1CN(C(=O)CCN2CCc3sccc3C2c2cccc(F)c2)CCN1C(=O)c1ccc(Cl)c(Cl)c1. The molecule has 0 saturated carbocycles. The third-order valence-corrected chi connectivity index (χ3v) is 8.99. The number of nitrogens with zero attached hydrogens (tertiary/aromatic N) is 3. The van der Waals surface area contributed by atoms with Crippen molar-refractivity contribution in [2.24, 2.45) is 0 Å². The molecular weight excluding hydrogens is 532 g/mol. The lowest BCUT2D eigenvalue weighted by atomic mass is 9.93. The molecule has 1 saturated heterocycles. The van der Waals surface area contributed by atoms with E-state index in [2.05, 4.69) is 16.3 Å². The Morgan fingerprint density at radius 1 is 1.05 bits per heavy atom. The smallest absolute Gasteiger partial charge is 0.254 e. The number of halogens is 3. The van der Waals surface area contributed by atoms with Gasteiger partial charge < -0.3 is 9.80 Å². The largest absolute Gasteiger partial charge is 0.339 e. The molecule has 5 nitrogen and oxygen atoms in total. The number of hydrogen-bond acceptors (Lipinski definition) is 4. The molecule has 194 valence electrons. The van der Waals surface area contributed by atoms with Crippen molar-refractivity contribution >= 4 is 46.4 Å². The van der Waals surface area contributed by atoms with Crippen molar-refractivity contribution < 1.29 is 14.0 Å². The summed E-state index contributed by atoms with van der Waals surface area (Å²) < 4.78 is 14.1. The quantitative estimate of drug-likeness (QED) is 0.390. The van der Waals surface area contributed by atoms with Gasteiger partial charge in [-0.3, -0.25) is 14.5 Å². The number of fused-ring (bicyclic) bond motifs is 1. The van der Waals surface area contributed by atoms with E-state index in [0.717, 1.165) is 18.5 Å². The summed E-state index contributed by atoms with van der Waals surface area (Å²) in [6.45, 7) is 4.79. The number of hydrogen-bond donors (Lipinski definition) is 0. The summed E-state index contributed by atoms with van der Waals surface area (Å²) in [6, 6.07) is 13.6. The second-order valence-corrected chi connectivity index (χ2v) is 11.4. The minimum Gasteiger partial charge on any atom is -0.339 e. The molecule has 1 aromatic heterocycles. The lowest BCUT2D eigenvalue weighted by Crippen LogP contribution is -2.55. The van der Waals surface area contributed by atoms with Crippen LogP contribution in [-0.4, -0.2) is 65.3 Å². The third kappa shape index (κ3) is 5.55. The van der Waals surface area contributed by atoms with Gasteiger partial charge in [-0.1, -0.05) is 35.3 Å². The maximum absolute atomic E-state index is 14.1. The van der Waals surface area contributed by atoms with Crippen molar-refractivity contribution in [2.45, 2.75) is 31.8 Å². The highest BCUT2D eigenvalue weighted by molar-refractivity contribution is 7.10. The number of amides is 2. The standard InChI is InChI=1S/C28H28Cl2FN3O2S/c1-18-17-33(12-13-34(18)28(36)20-5-6-23(29)24(30)16-20)26(35)8-11-32-10-7-25-22(9-14-37-25)27(32)19-3-2-4-21(31)15-19/h2-6,9,14-16,18,27H,7-8,10-13,17H2,1H3. The Balaban J connectivity index is 1.22. The molecule has 2 unspecified atom stereocenters. The van der Waals surface area contributed by atoms with Crippen LogP contribution in [-0.2, 0) is 11.2 Å². The molecule has 0 N–H and O–H groups in total. The minimum absolute atomic E-state index is 0.0573. The van der Waals surface area contributed by atoms with Gasteiger partial charge in [-0.05, 0) is 66.2 Å². The van der Waals surface area contributed by atoms with Crippen LogP contribution in [0.5, 0.6) is 0 Å². The van der Waals surface area contributed by atoms with Crippen molar-refractivity contribution in [3.8, 4) is 0 Å². The van der Waals surface area contributed by atoms with Crippen LogP contribution in [0, 0.1) is 5.82 Å².